The molecule has 12 heavy (non-hydrogen) atoms. The van der Waals surface area contributed by atoms with Crippen LogP contribution in [-0.2, 0) is 6.61 Å². The molecule has 0 aliphatic carbocycles. The molecule has 0 heterocycles. The lowest BCUT2D eigenvalue weighted by molar-refractivity contribution is 0.193. The van der Waals surface area contributed by atoms with Crippen LogP contribution in [0.4, 0.5) is 0 Å². The monoisotopic (exact) mass is 278 g/mol. The predicted molar refractivity (Wildman–Crippen MR) is 55.7 cm³/mol. The van der Waals surface area contributed by atoms with E-state index in [1.54, 1.807) is 6.92 Å². The fourth-order valence-corrected chi connectivity index (χ4v) is 1.82. The molecule has 0 fully saturated rings. The van der Waals surface area contributed by atoms with Crippen molar-refractivity contribution in [2.45, 2.75) is 19.6 Å². The minimum Gasteiger partial charge on any atom is -0.392 e. The first-order chi connectivity index (χ1) is 5.66. The topological polar surface area (TPSA) is 40.5 Å². The smallest absolute Gasteiger partial charge is 0.0765 e. The lowest BCUT2D eigenvalue weighted by Crippen LogP contribution is -2.00. The zero-order chi connectivity index (χ0) is 9.14. The molecule has 0 saturated heterocycles. The van der Waals surface area contributed by atoms with E-state index < -0.39 is 6.10 Å². The van der Waals surface area contributed by atoms with Crippen LogP contribution in [0.5, 0.6) is 0 Å². The quantitative estimate of drug-likeness (QED) is 0.810. The molecule has 0 bridgehead atoms. The van der Waals surface area contributed by atoms with Crippen molar-refractivity contribution in [3.05, 3.63) is 32.9 Å². The summed E-state index contributed by atoms with van der Waals surface area (Å²) >= 11 is 2.15. The molecule has 0 saturated carbocycles. The van der Waals surface area contributed by atoms with E-state index in [2.05, 4.69) is 22.6 Å². The molecule has 1 aromatic rings. The van der Waals surface area contributed by atoms with E-state index in [-0.39, 0.29) is 6.61 Å². The van der Waals surface area contributed by atoms with Gasteiger partial charge in [0.05, 0.1) is 12.7 Å². The predicted octanol–water partition coefficient (Wildman–Crippen LogP) is 1.84. The highest BCUT2D eigenvalue weighted by molar-refractivity contribution is 14.1. The van der Waals surface area contributed by atoms with Gasteiger partial charge in [-0.3, -0.25) is 0 Å². The average Bonchev–Trinajstić information content (AvgIpc) is 2.03. The normalized spacial score (nSPS) is 13.0. The molecule has 2 N–H and O–H groups in total. The molecule has 1 atom stereocenters. The first-order valence-electron chi connectivity index (χ1n) is 3.73. The first kappa shape index (κ1) is 9.95. The van der Waals surface area contributed by atoms with Crippen LogP contribution >= 0.6 is 22.6 Å². The van der Waals surface area contributed by atoms with Gasteiger partial charge >= 0.3 is 0 Å². The third-order valence-electron chi connectivity index (χ3n) is 1.76. The van der Waals surface area contributed by atoms with Crippen LogP contribution in [-0.4, -0.2) is 10.2 Å². The van der Waals surface area contributed by atoms with Gasteiger partial charge in [-0.15, -0.1) is 0 Å². The van der Waals surface area contributed by atoms with Crippen molar-refractivity contribution in [3.8, 4) is 0 Å². The maximum absolute atomic E-state index is 9.35. The Bertz CT molecular complexity index is 271. The third kappa shape index (κ3) is 1.97. The number of aliphatic hydroxyl groups excluding tert-OH is 2. The summed E-state index contributed by atoms with van der Waals surface area (Å²) in [4.78, 5) is 0. The maximum Gasteiger partial charge on any atom is 0.0765 e. The molecule has 3 heteroatoms. The summed E-state index contributed by atoms with van der Waals surface area (Å²) in [5, 5.41) is 18.4. The standard InChI is InChI=1S/C9H11IO2/c1-6(12)7-3-2-4-9(10)8(7)5-11/h2-4,6,11-12H,5H2,1H3. The van der Waals surface area contributed by atoms with Crippen LogP contribution in [0.25, 0.3) is 0 Å². The van der Waals surface area contributed by atoms with Crippen molar-refractivity contribution in [3.63, 3.8) is 0 Å². The molecule has 1 unspecified atom stereocenters. The molecular weight excluding hydrogens is 267 g/mol. The molecule has 0 aromatic heterocycles. The molecular formula is C9H11IO2. The van der Waals surface area contributed by atoms with E-state index >= 15 is 0 Å². The number of benzene rings is 1. The second-order valence-corrected chi connectivity index (χ2v) is 3.80. The Hall–Kier alpha value is -0.130. The minimum atomic E-state index is -0.512. The molecule has 2 nitrogen and oxygen atoms in total. The van der Waals surface area contributed by atoms with Crippen molar-refractivity contribution >= 4 is 22.6 Å². The number of hydrogen-bond donors (Lipinski definition) is 2. The summed E-state index contributed by atoms with van der Waals surface area (Å²) in [5.41, 5.74) is 1.64. The Labute approximate surface area is 85.4 Å². The fraction of sp³-hybridized carbons (Fsp3) is 0.333. The lowest BCUT2D eigenvalue weighted by Gasteiger charge is -2.11. The second kappa shape index (κ2) is 4.20. The zero-order valence-electron chi connectivity index (χ0n) is 6.79. The number of aliphatic hydroxyl groups is 2. The van der Waals surface area contributed by atoms with E-state index in [9.17, 15) is 5.11 Å². The Balaban J connectivity index is 3.18. The van der Waals surface area contributed by atoms with Gasteiger partial charge in [0.2, 0.25) is 0 Å². The van der Waals surface area contributed by atoms with Gasteiger partial charge in [-0.1, -0.05) is 12.1 Å². The summed E-state index contributed by atoms with van der Waals surface area (Å²) in [7, 11) is 0. The highest BCUT2D eigenvalue weighted by Gasteiger charge is 2.08. The van der Waals surface area contributed by atoms with Gasteiger partial charge in [0.15, 0.2) is 0 Å². The largest absolute Gasteiger partial charge is 0.392 e. The van der Waals surface area contributed by atoms with Crippen LogP contribution in [0.2, 0.25) is 0 Å². The number of halogens is 1. The maximum atomic E-state index is 9.35. The Morgan fingerprint density at radius 2 is 2.17 bits per heavy atom. The summed E-state index contributed by atoms with van der Waals surface area (Å²) in [6, 6.07) is 5.62. The SMILES string of the molecule is CC(O)c1cccc(I)c1CO. The van der Waals surface area contributed by atoms with E-state index in [0.29, 0.717) is 0 Å². The van der Waals surface area contributed by atoms with E-state index in [1.165, 1.54) is 0 Å². The van der Waals surface area contributed by atoms with Gasteiger partial charge < -0.3 is 10.2 Å². The van der Waals surface area contributed by atoms with Crippen molar-refractivity contribution in [1.29, 1.82) is 0 Å². The molecule has 0 radical (unpaired) electrons. The number of hydrogen-bond acceptors (Lipinski definition) is 2. The summed E-state index contributed by atoms with van der Waals surface area (Å²) < 4.78 is 0.994. The van der Waals surface area contributed by atoms with E-state index in [4.69, 9.17) is 5.11 Å². The lowest BCUT2D eigenvalue weighted by atomic mass is 10.0. The highest BCUT2D eigenvalue weighted by atomic mass is 127. The molecule has 0 aliphatic rings. The van der Waals surface area contributed by atoms with Crippen molar-refractivity contribution in [2.75, 3.05) is 0 Å². The Morgan fingerprint density at radius 3 is 2.58 bits per heavy atom. The third-order valence-corrected chi connectivity index (χ3v) is 2.77. The summed E-state index contributed by atoms with van der Waals surface area (Å²) in [6.45, 7) is 1.68. The molecule has 66 valence electrons. The molecule has 0 amide bonds. The summed E-state index contributed by atoms with van der Waals surface area (Å²) in [5.74, 6) is 0. The van der Waals surface area contributed by atoms with Gasteiger partial charge in [0.25, 0.3) is 0 Å². The van der Waals surface area contributed by atoms with Crippen molar-refractivity contribution < 1.29 is 10.2 Å². The van der Waals surface area contributed by atoms with Crippen LogP contribution in [0.3, 0.4) is 0 Å². The summed E-state index contributed by atoms with van der Waals surface area (Å²) in [6.07, 6.45) is -0.512. The van der Waals surface area contributed by atoms with Crippen LogP contribution < -0.4 is 0 Å². The highest BCUT2D eigenvalue weighted by Crippen LogP contribution is 2.22. The molecule has 0 spiro atoms. The van der Waals surface area contributed by atoms with Crippen LogP contribution in [0.15, 0.2) is 18.2 Å². The van der Waals surface area contributed by atoms with Crippen LogP contribution in [0.1, 0.15) is 24.2 Å². The Morgan fingerprint density at radius 1 is 1.50 bits per heavy atom. The van der Waals surface area contributed by atoms with Gasteiger partial charge in [0, 0.05) is 3.57 Å². The van der Waals surface area contributed by atoms with Crippen molar-refractivity contribution in [1.82, 2.24) is 0 Å². The van der Waals surface area contributed by atoms with Crippen LogP contribution in [0, 0.1) is 3.57 Å². The Kier molecular flexibility index (Phi) is 3.49. The molecule has 1 rings (SSSR count). The number of rotatable bonds is 2. The minimum absolute atomic E-state index is 0.0145. The first-order valence-corrected chi connectivity index (χ1v) is 4.81. The van der Waals surface area contributed by atoms with Gasteiger partial charge in [-0.2, -0.15) is 0 Å². The fourth-order valence-electron chi connectivity index (χ4n) is 1.13. The van der Waals surface area contributed by atoms with E-state index in [0.717, 1.165) is 14.7 Å². The second-order valence-electron chi connectivity index (χ2n) is 2.64. The van der Waals surface area contributed by atoms with Gasteiger partial charge in [-0.25, -0.2) is 0 Å². The molecule has 0 aliphatic heterocycles. The van der Waals surface area contributed by atoms with Gasteiger partial charge in [-0.05, 0) is 46.7 Å². The van der Waals surface area contributed by atoms with Gasteiger partial charge in [0.1, 0.15) is 0 Å². The van der Waals surface area contributed by atoms with Crippen molar-refractivity contribution in [2.24, 2.45) is 0 Å². The zero-order valence-corrected chi connectivity index (χ0v) is 8.95. The van der Waals surface area contributed by atoms with E-state index in [1.807, 2.05) is 18.2 Å². The average molecular weight is 278 g/mol. The molecule has 1 aromatic carbocycles.